The molecule has 1 fully saturated rings. The van der Waals surface area contributed by atoms with Crippen molar-refractivity contribution in [3.8, 4) is 0 Å². The molecule has 1 aliphatic heterocycles. The van der Waals surface area contributed by atoms with Crippen molar-refractivity contribution in [2.45, 2.75) is 19.4 Å². The number of nitrogens with zero attached hydrogens (tertiary/aromatic N) is 3. The van der Waals surface area contributed by atoms with Gasteiger partial charge in [0.25, 0.3) is 0 Å². The Morgan fingerprint density at radius 2 is 1.89 bits per heavy atom. The topological polar surface area (TPSA) is 72.5 Å². The number of piperazine rings is 1. The molecule has 2 N–H and O–H groups in total. The summed E-state index contributed by atoms with van der Waals surface area (Å²) < 4.78 is 0. The number of aryl methyl sites for hydroxylation is 1. The van der Waals surface area contributed by atoms with Gasteiger partial charge < -0.3 is 15.0 Å². The summed E-state index contributed by atoms with van der Waals surface area (Å²) in [6, 6.07) is 13.3. The Morgan fingerprint density at radius 1 is 1.14 bits per heavy atom. The number of aromatic amines is 1. The van der Waals surface area contributed by atoms with Crippen LogP contribution in [-0.2, 0) is 11.2 Å². The molecule has 0 amide bonds. The third-order valence-electron chi connectivity index (χ3n) is 5.63. The minimum atomic E-state index is -0.783. The first-order valence-corrected chi connectivity index (χ1v) is 9.80. The van der Waals surface area contributed by atoms with Gasteiger partial charge in [0.05, 0.1) is 0 Å². The minimum absolute atomic E-state index is 0.617. The van der Waals surface area contributed by atoms with Crippen LogP contribution in [-0.4, -0.2) is 63.6 Å². The number of aromatic nitrogens is 2. The number of carboxylic acid groups (broad SMARTS) is 1. The SMILES string of the molecule is Cc1[nH]c2ccccc2c1[C@H](C(=O)O)N1CCN(CCc2ccccn2)CC1. The van der Waals surface area contributed by atoms with E-state index in [1.54, 1.807) is 0 Å². The maximum atomic E-state index is 12.2. The second-order valence-corrected chi connectivity index (χ2v) is 7.40. The Balaban J connectivity index is 1.45. The Labute approximate surface area is 164 Å². The van der Waals surface area contributed by atoms with Crippen molar-refractivity contribution in [1.82, 2.24) is 19.8 Å². The molecular formula is C22H26N4O2. The van der Waals surface area contributed by atoms with Crippen LogP contribution in [0.4, 0.5) is 0 Å². The number of hydrogen-bond donors (Lipinski definition) is 2. The fourth-order valence-corrected chi connectivity index (χ4v) is 4.18. The Bertz CT molecular complexity index is 946. The van der Waals surface area contributed by atoms with E-state index in [9.17, 15) is 9.90 Å². The molecule has 1 aromatic carbocycles. The summed E-state index contributed by atoms with van der Waals surface area (Å²) in [4.78, 5) is 24.4. The maximum absolute atomic E-state index is 12.2. The first kappa shape index (κ1) is 18.7. The van der Waals surface area contributed by atoms with Gasteiger partial charge in [-0.2, -0.15) is 0 Å². The van der Waals surface area contributed by atoms with Crippen molar-refractivity contribution in [3.05, 3.63) is 65.6 Å². The molecule has 6 nitrogen and oxygen atoms in total. The van der Waals surface area contributed by atoms with Crippen molar-refractivity contribution in [1.29, 1.82) is 0 Å². The molecule has 3 aromatic rings. The van der Waals surface area contributed by atoms with Crippen molar-refractivity contribution in [3.63, 3.8) is 0 Å². The third kappa shape index (κ3) is 3.79. The number of para-hydroxylation sites is 1. The van der Waals surface area contributed by atoms with Gasteiger partial charge >= 0.3 is 5.97 Å². The molecule has 1 atom stereocenters. The number of rotatable bonds is 6. The summed E-state index contributed by atoms with van der Waals surface area (Å²) in [7, 11) is 0. The molecule has 4 rings (SSSR count). The molecule has 0 bridgehead atoms. The second kappa shape index (κ2) is 8.12. The zero-order chi connectivity index (χ0) is 19.5. The van der Waals surface area contributed by atoms with Gasteiger partial charge in [0.15, 0.2) is 0 Å². The van der Waals surface area contributed by atoms with E-state index >= 15 is 0 Å². The Kier molecular flexibility index (Phi) is 5.41. The van der Waals surface area contributed by atoms with E-state index in [2.05, 4.69) is 25.8 Å². The van der Waals surface area contributed by atoms with Gasteiger partial charge in [0.1, 0.15) is 6.04 Å². The van der Waals surface area contributed by atoms with E-state index in [1.807, 2.05) is 49.5 Å². The Morgan fingerprint density at radius 3 is 2.61 bits per heavy atom. The van der Waals surface area contributed by atoms with Gasteiger partial charge in [-0.3, -0.25) is 14.7 Å². The van der Waals surface area contributed by atoms with Crippen LogP contribution in [0.3, 0.4) is 0 Å². The molecule has 0 saturated carbocycles. The van der Waals surface area contributed by atoms with Crippen molar-refractivity contribution in [2.24, 2.45) is 0 Å². The molecule has 146 valence electrons. The molecule has 1 saturated heterocycles. The third-order valence-corrected chi connectivity index (χ3v) is 5.63. The number of carbonyl (C=O) groups is 1. The molecular weight excluding hydrogens is 352 g/mol. The van der Waals surface area contributed by atoms with Crippen LogP contribution in [0.1, 0.15) is 23.0 Å². The summed E-state index contributed by atoms with van der Waals surface area (Å²) in [6.07, 6.45) is 2.75. The molecule has 0 spiro atoms. The smallest absolute Gasteiger partial charge is 0.325 e. The zero-order valence-corrected chi connectivity index (χ0v) is 16.1. The van der Waals surface area contributed by atoms with Gasteiger partial charge in [-0.25, -0.2) is 0 Å². The van der Waals surface area contributed by atoms with Crippen molar-refractivity contribution >= 4 is 16.9 Å². The largest absolute Gasteiger partial charge is 0.480 e. The quantitative estimate of drug-likeness (QED) is 0.690. The number of nitrogens with one attached hydrogen (secondary N) is 1. The molecule has 0 unspecified atom stereocenters. The van der Waals surface area contributed by atoms with Crippen LogP contribution in [0.15, 0.2) is 48.7 Å². The summed E-state index contributed by atoms with van der Waals surface area (Å²) >= 11 is 0. The van der Waals surface area contributed by atoms with Crippen molar-refractivity contribution < 1.29 is 9.90 Å². The molecule has 28 heavy (non-hydrogen) atoms. The average Bonchev–Trinajstić information content (AvgIpc) is 3.04. The second-order valence-electron chi connectivity index (χ2n) is 7.40. The molecule has 0 radical (unpaired) electrons. The number of carboxylic acids is 1. The maximum Gasteiger partial charge on any atom is 0.325 e. The van der Waals surface area contributed by atoms with Gasteiger partial charge in [-0.1, -0.05) is 24.3 Å². The normalized spacial score (nSPS) is 17.0. The first-order valence-electron chi connectivity index (χ1n) is 9.80. The van der Waals surface area contributed by atoms with E-state index in [1.165, 1.54) is 0 Å². The zero-order valence-electron chi connectivity index (χ0n) is 16.1. The highest BCUT2D eigenvalue weighted by Crippen LogP contribution is 2.32. The number of hydrogen-bond acceptors (Lipinski definition) is 4. The molecule has 0 aliphatic carbocycles. The van der Waals surface area contributed by atoms with Gasteiger partial charge in [0, 0.05) is 73.2 Å². The monoisotopic (exact) mass is 378 g/mol. The van der Waals surface area contributed by atoms with E-state index < -0.39 is 12.0 Å². The van der Waals surface area contributed by atoms with Crippen LogP contribution in [0.25, 0.3) is 10.9 Å². The predicted molar refractivity (Wildman–Crippen MR) is 109 cm³/mol. The molecule has 6 heteroatoms. The van der Waals surface area contributed by atoms with Gasteiger partial charge in [-0.15, -0.1) is 0 Å². The van der Waals surface area contributed by atoms with E-state index in [0.717, 1.165) is 67.0 Å². The highest BCUT2D eigenvalue weighted by molar-refractivity contribution is 5.90. The predicted octanol–water partition coefficient (Wildman–Crippen LogP) is 2.86. The van der Waals surface area contributed by atoms with Crippen LogP contribution < -0.4 is 0 Å². The summed E-state index contributed by atoms with van der Waals surface area (Å²) in [6.45, 7) is 6.16. The summed E-state index contributed by atoms with van der Waals surface area (Å²) in [5.74, 6) is -0.783. The number of pyridine rings is 1. The lowest BCUT2D eigenvalue weighted by Crippen LogP contribution is -2.49. The summed E-state index contributed by atoms with van der Waals surface area (Å²) in [5, 5.41) is 11.0. The van der Waals surface area contributed by atoms with E-state index in [-0.39, 0.29) is 0 Å². The van der Waals surface area contributed by atoms with E-state index in [0.29, 0.717) is 0 Å². The fraction of sp³-hybridized carbons (Fsp3) is 0.364. The van der Waals surface area contributed by atoms with Crippen molar-refractivity contribution in [2.75, 3.05) is 32.7 Å². The first-order chi connectivity index (χ1) is 13.6. The highest BCUT2D eigenvalue weighted by atomic mass is 16.4. The Hall–Kier alpha value is -2.70. The average molecular weight is 378 g/mol. The molecule has 3 heterocycles. The lowest BCUT2D eigenvalue weighted by Gasteiger charge is -2.38. The lowest BCUT2D eigenvalue weighted by molar-refractivity contribution is -0.144. The van der Waals surface area contributed by atoms with Crippen LogP contribution in [0, 0.1) is 6.92 Å². The van der Waals surface area contributed by atoms with Gasteiger partial charge in [-0.05, 0) is 25.1 Å². The van der Waals surface area contributed by atoms with Gasteiger partial charge in [0.2, 0.25) is 0 Å². The molecule has 2 aromatic heterocycles. The van der Waals surface area contributed by atoms with Crippen LogP contribution in [0.2, 0.25) is 0 Å². The lowest BCUT2D eigenvalue weighted by atomic mass is 10.0. The standard InChI is InChI=1S/C22H26N4O2/c1-16-20(18-7-2-3-8-19(18)24-16)21(22(27)28)26-14-12-25(13-15-26)11-9-17-6-4-5-10-23-17/h2-8,10,21,24H,9,11-15H2,1H3,(H,27,28)/t21-/m1/s1. The van der Waals surface area contributed by atoms with Crippen LogP contribution >= 0.6 is 0 Å². The number of aliphatic carboxylic acids is 1. The number of H-pyrrole nitrogens is 1. The molecule has 1 aliphatic rings. The number of benzene rings is 1. The van der Waals surface area contributed by atoms with Crippen LogP contribution in [0.5, 0.6) is 0 Å². The minimum Gasteiger partial charge on any atom is -0.480 e. The van der Waals surface area contributed by atoms with E-state index in [4.69, 9.17) is 0 Å². The fourth-order valence-electron chi connectivity index (χ4n) is 4.18. The highest BCUT2D eigenvalue weighted by Gasteiger charge is 2.33. The number of fused-ring (bicyclic) bond motifs is 1. The summed E-state index contributed by atoms with van der Waals surface area (Å²) in [5.41, 5.74) is 3.93.